The van der Waals surface area contributed by atoms with Crippen molar-refractivity contribution in [2.45, 2.75) is 34.6 Å². The van der Waals surface area contributed by atoms with Crippen molar-refractivity contribution >= 4 is 23.9 Å². The largest absolute Gasteiger partial charge is 0.466 e. The molecular weight excluding hydrogens is 300 g/mol. The molecule has 1 aromatic rings. The van der Waals surface area contributed by atoms with Crippen molar-refractivity contribution in [3.05, 3.63) is 64.2 Å². The molecule has 0 spiro atoms. The van der Waals surface area contributed by atoms with Gasteiger partial charge in [0.1, 0.15) is 23.4 Å². The average molecular weight is 321 g/mol. The summed E-state index contributed by atoms with van der Waals surface area (Å²) in [5, 5.41) is 0. The van der Waals surface area contributed by atoms with E-state index in [2.05, 4.69) is 11.2 Å². The number of allylic oxidation sites excluding steroid dienone is 6. The lowest BCUT2D eigenvalue weighted by molar-refractivity contribution is -0.128. The second kappa shape index (κ2) is 8.44. The van der Waals surface area contributed by atoms with Crippen LogP contribution in [0.3, 0.4) is 0 Å². The third kappa shape index (κ3) is 5.41. The van der Waals surface area contributed by atoms with Gasteiger partial charge in [0.2, 0.25) is 0 Å². The first-order valence-corrected chi connectivity index (χ1v) is 7.26. The first kappa shape index (κ1) is 18.1. The molecule has 0 aliphatic carbocycles. The van der Waals surface area contributed by atoms with Gasteiger partial charge in [-0.25, -0.2) is 4.79 Å². The Morgan fingerprint density at radius 1 is 1.09 bits per heavy atom. The summed E-state index contributed by atoms with van der Waals surface area (Å²) in [6, 6.07) is 0. The highest BCUT2D eigenvalue weighted by Crippen LogP contribution is 2.22. The Morgan fingerprint density at radius 3 is 2.32 bits per heavy atom. The normalized spacial score (nSPS) is 13.4. The molecule has 0 unspecified atom stereocenters. The summed E-state index contributed by atoms with van der Waals surface area (Å²) in [6.45, 7) is 9.78. The lowest BCUT2D eigenvalue weighted by Crippen LogP contribution is -1.90. The van der Waals surface area contributed by atoms with E-state index in [0.29, 0.717) is 0 Å². The van der Waals surface area contributed by atoms with Gasteiger partial charge in [0.25, 0.3) is 0 Å². The highest BCUT2D eigenvalue weighted by molar-refractivity contribution is 6.14. The van der Waals surface area contributed by atoms with Gasteiger partial charge in [0.15, 0.2) is 0 Å². The Balaban J connectivity index is 2.76. The molecule has 0 radical (unpaired) electrons. The van der Waals surface area contributed by atoms with Crippen LogP contribution < -0.4 is 0 Å². The van der Waals surface area contributed by atoms with Gasteiger partial charge in [-0.3, -0.25) is 0 Å². The molecular formula is C18H21ClO3. The first-order chi connectivity index (χ1) is 10.3. The molecule has 3 nitrogen and oxygen atoms in total. The summed E-state index contributed by atoms with van der Waals surface area (Å²) in [5.41, 5.74) is 4.13. The van der Waals surface area contributed by atoms with Gasteiger partial charge in [-0.1, -0.05) is 36.0 Å². The minimum Gasteiger partial charge on any atom is -0.466 e. The average Bonchev–Trinajstić information content (AvgIpc) is 2.70. The lowest BCUT2D eigenvalue weighted by Gasteiger charge is -1.94. The van der Waals surface area contributed by atoms with Crippen molar-refractivity contribution in [3.8, 4) is 0 Å². The van der Waals surface area contributed by atoms with Gasteiger partial charge in [0.05, 0.1) is 0 Å². The van der Waals surface area contributed by atoms with E-state index < -0.39 is 5.97 Å². The zero-order valence-corrected chi connectivity index (χ0v) is 14.3. The molecule has 22 heavy (non-hydrogen) atoms. The number of hydrogen-bond donors (Lipinski definition) is 0. The van der Waals surface area contributed by atoms with E-state index in [0.717, 1.165) is 33.8 Å². The summed E-state index contributed by atoms with van der Waals surface area (Å²) in [6.07, 6.45) is 11.0. The van der Waals surface area contributed by atoms with Gasteiger partial charge < -0.3 is 8.71 Å². The van der Waals surface area contributed by atoms with Crippen molar-refractivity contribution in [2.75, 3.05) is 0 Å². The van der Waals surface area contributed by atoms with Crippen molar-refractivity contribution in [1.29, 1.82) is 0 Å². The first-order valence-electron chi connectivity index (χ1n) is 6.95. The molecule has 0 aliphatic rings. The Labute approximate surface area is 136 Å². The van der Waals surface area contributed by atoms with E-state index >= 15 is 0 Å². The summed E-state index contributed by atoms with van der Waals surface area (Å²) < 4.78 is 9.64. The molecule has 118 valence electrons. The molecule has 0 amide bonds. The summed E-state index contributed by atoms with van der Waals surface area (Å²) >= 11 is 4.96. The van der Waals surface area contributed by atoms with E-state index in [9.17, 15) is 4.79 Å². The highest BCUT2D eigenvalue weighted by atomic mass is 35.5. The van der Waals surface area contributed by atoms with Crippen LogP contribution in [0, 0.1) is 20.8 Å². The predicted molar refractivity (Wildman–Crippen MR) is 90.6 cm³/mol. The second-order valence-corrected chi connectivity index (χ2v) is 5.30. The fraction of sp³-hybridized carbons (Fsp3) is 0.278. The van der Waals surface area contributed by atoms with Gasteiger partial charge >= 0.3 is 5.97 Å². The molecule has 0 aliphatic heterocycles. The van der Waals surface area contributed by atoms with E-state index in [1.807, 2.05) is 51.2 Å². The number of hydrogen-bond acceptors (Lipinski definition) is 3. The molecule has 0 N–H and O–H groups in total. The Kier molecular flexibility index (Phi) is 6.93. The summed E-state index contributed by atoms with van der Waals surface area (Å²) in [5.74, 6) is 1.30. The van der Waals surface area contributed by atoms with Crippen LogP contribution in [0.25, 0.3) is 6.08 Å². The van der Waals surface area contributed by atoms with Gasteiger partial charge in [-0.2, -0.15) is 0 Å². The minimum absolute atomic E-state index is 0.578. The van der Waals surface area contributed by atoms with Crippen LogP contribution in [0.1, 0.15) is 36.5 Å². The Hall–Kier alpha value is -2.00. The maximum Gasteiger partial charge on any atom is 0.349 e. The minimum atomic E-state index is -0.578. The van der Waals surface area contributed by atoms with Crippen LogP contribution in [-0.2, 0) is 9.08 Å². The topological polar surface area (TPSA) is 39.4 Å². The molecule has 0 saturated carbocycles. The molecule has 0 atom stereocenters. The fourth-order valence-electron chi connectivity index (χ4n) is 1.94. The van der Waals surface area contributed by atoms with Crippen LogP contribution >= 0.6 is 11.9 Å². The standard InChI is InChI=1S/C18H21ClO3/c1-12(7-6-8-13(2)11-18(20)22-19)9-10-17-14(3)15(4)21-16(17)5/h6-11H,1-5H3/b8-6+,10-9+,12-7+,13-11+. The second-order valence-electron chi connectivity index (χ2n) is 5.14. The molecule has 0 bridgehead atoms. The third-order valence-electron chi connectivity index (χ3n) is 3.27. The fourth-order valence-corrected chi connectivity index (χ4v) is 1.98. The quantitative estimate of drug-likeness (QED) is 0.541. The van der Waals surface area contributed by atoms with Crippen LogP contribution in [0.4, 0.5) is 0 Å². The number of halogens is 1. The smallest absolute Gasteiger partial charge is 0.349 e. The number of carbonyl (C=O) groups excluding carboxylic acids is 1. The number of rotatable bonds is 5. The molecule has 0 saturated heterocycles. The van der Waals surface area contributed by atoms with Gasteiger partial charge in [-0.15, -0.1) is 0 Å². The maximum absolute atomic E-state index is 10.9. The SMILES string of the molecule is CC(/C=C/c1c(C)oc(C)c1C)=C\C=C\C(C)=C\C(=O)OCl. The molecule has 1 rings (SSSR count). The summed E-state index contributed by atoms with van der Waals surface area (Å²) in [4.78, 5) is 10.9. The van der Waals surface area contributed by atoms with Gasteiger partial charge in [-0.05, 0) is 45.8 Å². The number of aryl methyl sites for hydroxylation is 2. The predicted octanol–water partition coefficient (Wildman–Crippen LogP) is 5.36. The van der Waals surface area contributed by atoms with Crippen LogP contribution in [-0.4, -0.2) is 5.97 Å². The molecule has 0 fully saturated rings. The number of carbonyl (C=O) groups is 1. The summed E-state index contributed by atoms with van der Waals surface area (Å²) in [7, 11) is 0. The van der Waals surface area contributed by atoms with Crippen molar-refractivity contribution in [3.63, 3.8) is 0 Å². The van der Waals surface area contributed by atoms with Crippen molar-refractivity contribution in [2.24, 2.45) is 0 Å². The molecule has 1 aromatic heterocycles. The highest BCUT2D eigenvalue weighted by Gasteiger charge is 2.07. The van der Waals surface area contributed by atoms with Crippen LogP contribution in [0.5, 0.6) is 0 Å². The zero-order valence-electron chi connectivity index (χ0n) is 13.6. The van der Waals surface area contributed by atoms with Crippen LogP contribution in [0.2, 0.25) is 0 Å². The Bertz CT molecular complexity index is 658. The molecule has 1 heterocycles. The van der Waals surface area contributed by atoms with Crippen molar-refractivity contribution < 1.29 is 13.5 Å². The zero-order chi connectivity index (χ0) is 16.7. The van der Waals surface area contributed by atoms with Crippen LogP contribution in [0.15, 0.2) is 45.9 Å². The van der Waals surface area contributed by atoms with Crippen molar-refractivity contribution in [1.82, 2.24) is 0 Å². The maximum atomic E-state index is 10.9. The molecule has 4 heteroatoms. The Morgan fingerprint density at radius 2 is 1.77 bits per heavy atom. The van der Waals surface area contributed by atoms with E-state index in [1.54, 1.807) is 6.92 Å². The van der Waals surface area contributed by atoms with E-state index in [4.69, 9.17) is 16.3 Å². The van der Waals surface area contributed by atoms with E-state index in [1.165, 1.54) is 6.08 Å². The van der Waals surface area contributed by atoms with E-state index in [-0.39, 0.29) is 0 Å². The van der Waals surface area contributed by atoms with Gasteiger partial charge in [0, 0.05) is 11.6 Å². The lowest BCUT2D eigenvalue weighted by atomic mass is 10.1. The monoisotopic (exact) mass is 320 g/mol. The number of furan rings is 1. The third-order valence-corrected chi connectivity index (χ3v) is 3.42. The molecule has 0 aromatic carbocycles.